The van der Waals surface area contributed by atoms with Gasteiger partial charge in [-0.05, 0) is 37.1 Å². The van der Waals surface area contributed by atoms with E-state index in [1.165, 1.54) is 7.11 Å². The number of aryl methyl sites for hydroxylation is 2. The Labute approximate surface area is 162 Å². The summed E-state index contributed by atoms with van der Waals surface area (Å²) in [6.45, 7) is 4.61. The molecule has 0 fully saturated rings. The number of ketones is 1. The zero-order chi connectivity index (χ0) is 20.4. The van der Waals surface area contributed by atoms with Crippen LogP contribution in [0.2, 0.25) is 0 Å². The predicted molar refractivity (Wildman–Crippen MR) is 107 cm³/mol. The van der Waals surface area contributed by atoms with Gasteiger partial charge in [-0.15, -0.1) is 0 Å². The summed E-state index contributed by atoms with van der Waals surface area (Å²) >= 11 is 0. The molecule has 28 heavy (non-hydrogen) atoms. The smallest absolute Gasteiger partial charge is 0.376 e. The Morgan fingerprint density at radius 1 is 1.14 bits per heavy atom. The second-order valence-corrected chi connectivity index (χ2v) is 6.65. The summed E-state index contributed by atoms with van der Waals surface area (Å²) in [5.74, 6) is -2.71. The lowest BCUT2D eigenvalue weighted by molar-refractivity contribution is -0.146. The molecule has 0 atom stereocenters. The van der Waals surface area contributed by atoms with Gasteiger partial charge in [0, 0.05) is 24.4 Å². The highest BCUT2D eigenvalue weighted by molar-refractivity contribution is 6.38. The summed E-state index contributed by atoms with van der Waals surface area (Å²) in [6.07, 6.45) is 2.42. The normalized spacial score (nSPS) is 11.6. The van der Waals surface area contributed by atoms with Crippen molar-refractivity contribution in [2.24, 2.45) is 0 Å². The molecule has 0 amide bonds. The molecule has 0 aliphatic carbocycles. The van der Waals surface area contributed by atoms with Crippen LogP contribution in [0.3, 0.4) is 0 Å². The van der Waals surface area contributed by atoms with Crippen LogP contribution >= 0.6 is 0 Å². The van der Waals surface area contributed by atoms with Crippen LogP contribution in [0.4, 0.5) is 0 Å². The number of aromatic nitrogens is 1. The van der Waals surface area contributed by atoms with Crippen molar-refractivity contribution in [2.75, 3.05) is 7.11 Å². The monoisotopic (exact) mass is 379 g/mol. The molecule has 144 valence electrons. The third-order valence-corrected chi connectivity index (χ3v) is 4.69. The zero-order valence-corrected chi connectivity index (χ0v) is 15.9. The largest absolute Gasteiger partial charge is 0.507 e. The Bertz CT molecular complexity index is 1110. The van der Waals surface area contributed by atoms with Gasteiger partial charge in [-0.2, -0.15) is 0 Å². The fourth-order valence-corrected chi connectivity index (χ4v) is 3.23. The maximum atomic E-state index is 11.5. The molecular weight excluding hydrogens is 358 g/mol. The van der Waals surface area contributed by atoms with E-state index in [2.05, 4.69) is 12.1 Å². The molecule has 0 aliphatic heterocycles. The number of carbonyl (C=O) groups excluding carboxylic acids is 1. The van der Waals surface area contributed by atoms with E-state index >= 15 is 0 Å². The quantitative estimate of drug-likeness (QED) is 0.386. The number of rotatable bonds is 6. The fraction of sp³-hybridized carbons (Fsp3) is 0.182. The van der Waals surface area contributed by atoms with Crippen molar-refractivity contribution in [3.8, 4) is 5.75 Å². The summed E-state index contributed by atoms with van der Waals surface area (Å²) in [4.78, 5) is 22.4. The Morgan fingerprint density at radius 2 is 1.89 bits per heavy atom. The minimum Gasteiger partial charge on any atom is -0.507 e. The van der Waals surface area contributed by atoms with Crippen molar-refractivity contribution in [3.05, 3.63) is 70.9 Å². The Kier molecular flexibility index (Phi) is 5.22. The van der Waals surface area contributed by atoms with Gasteiger partial charge in [-0.3, -0.25) is 4.79 Å². The summed E-state index contributed by atoms with van der Waals surface area (Å²) in [5.41, 5.74) is 4.55. The van der Waals surface area contributed by atoms with Gasteiger partial charge in [-0.1, -0.05) is 29.8 Å². The van der Waals surface area contributed by atoms with E-state index in [1.807, 2.05) is 36.6 Å². The van der Waals surface area contributed by atoms with Gasteiger partial charge >= 0.3 is 5.97 Å². The number of aliphatic carboxylic acids is 1. The number of ether oxygens (including phenoxy) is 1. The van der Waals surface area contributed by atoms with Gasteiger partial charge in [0.2, 0.25) is 0 Å². The first-order valence-electron chi connectivity index (χ1n) is 8.72. The second-order valence-electron chi connectivity index (χ2n) is 6.65. The van der Waals surface area contributed by atoms with E-state index in [9.17, 15) is 14.7 Å². The number of carboxylic acids is 1. The number of nitrogens with zero attached hydrogens (tertiary/aromatic N) is 1. The highest BCUT2D eigenvalue weighted by atomic mass is 16.5. The van der Waals surface area contributed by atoms with E-state index in [0.717, 1.165) is 22.2 Å². The Hall–Kier alpha value is -3.54. The Balaban J connectivity index is 2.19. The summed E-state index contributed by atoms with van der Waals surface area (Å²) in [7, 11) is 1.52. The third kappa shape index (κ3) is 3.62. The number of hydrogen-bond donors (Lipinski definition) is 2. The van der Waals surface area contributed by atoms with Crippen LogP contribution in [0.15, 0.2) is 48.7 Å². The SMILES string of the molecule is COc1cccc2c1c(/C(O)=C/C(=O)C(=O)O)cn2Cc1cc(C)ccc1C. The van der Waals surface area contributed by atoms with E-state index < -0.39 is 17.5 Å². The maximum Gasteiger partial charge on any atom is 0.376 e. The predicted octanol–water partition coefficient (Wildman–Crippen LogP) is 3.87. The molecule has 3 aromatic rings. The van der Waals surface area contributed by atoms with Gasteiger partial charge in [-0.25, -0.2) is 4.79 Å². The van der Waals surface area contributed by atoms with Gasteiger partial charge in [0.05, 0.1) is 18.0 Å². The van der Waals surface area contributed by atoms with Crippen LogP contribution in [-0.4, -0.2) is 33.6 Å². The lowest BCUT2D eigenvalue weighted by atomic mass is 10.1. The van der Waals surface area contributed by atoms with Crippen LogP contribution in [0, 0.1) is 13.8 Å². The number of hydrogen-bond acceptors (Lipinski definition) is 4. The number of aliphatic hydroxyl groups excluding tert-OH is 1. The molecule has 1 heterocycles. The molecule has 6 heteroatoms. The Morgan fingerprint density at radius 3 is 2.57 bits per heavy atom. The zero-order valence-electron chi connectivity index (χ0n) is 15.9. The standard InChI is InChI=1S/C22H21NO5/c1-13-7-8-14(2)15(9-13)11-23-12-16(18(24)10-19(25)22(26)27)21-17(23)5-4-6-20(21)28-3/h4-10,12,24H,11H2,1-3H3,(H,26,27)/b18-10-. The van der Waals surface area contributed by atoms with Gasteiger partial charge < -0.3 is 19.5 Å². The van der Waals surface area contributed by atoms with Crippen molar-refractivity contribution in [2.45, 2.75) is 20.4 Å². The average molecular weight is 379 g/mol. The average Bonchev–Trinajstić information content (AvgIpc) is 3.03. The van der Waals surface area contributed by atoms with E-state index in [4.69, 9.17) is 9.84 Å². The summed E-state index contributed by atoms with van der Waals surface area (Å²) in [5, 5.41) is 19.9. The lowest BCUT2D eigenvalue weighted by Gasteiger charge is -2.10. The van der Waals surface area contributed by atoms with Crippen LogP contribution in [0.5, 0.6) is 5.75 Å². The molecule has 1 aromatic heterocycles. The first-order valence-corrected chi connectivity index (χ1v) is 8.72. The number of methoxy groups -OCH3 is 1. The van der Waals surface area contributed by atoms with Gasteiger partial charge in [0.25, 0.3) is 5.78 Å². The number of benzene rings is 2. The molecule has 2 N–H and O–H groups in total. The van der Waals surface area contributed by atoms with Crippen LogP contribution in [0.25, 0.3) is 16.7 Å². The minimum atomic E-state index is -1.63. The first-order chi connectivity index (χ1) is 13.3. The van der Waals surface area contributed by atoms with Crippen molar-refractivity contribution >= 4 is 28.4 Å². The molecule has 0 saturated heterocycles. The van der Waals surface area contributed by atoms with E-state index in [1.54, 1.807) is 12.3 Å². The van der Waals surface area contributed by atoms with Crippen molar-refractivity contribution < 1.29 is 24.5 Å². The maximum absolute atomic E-state index is 11.5. The molecule has 0 saturated carbocycles. The van der Waals surface area contributed by atoms with Crippen molar-refractivity contribution in [1.82, 2.24) is 4.57 Å². The molecule has 0 unspecified atom stereocenters. The number of carboxylic acid groups (broad SMARTS) is 1. The molecule has 2 aromatic carbocycles. The van der Waals surface area contributed by atoms with Crippen LogP contribution in [0.1, 0.15) is 22.3 Å². The lowest BCUT2D eigenvalue weighted by Crippen LogP contribution is -2.09. The number of aliphatic hydroxyl groups is 1. The third-order valence-electron chi connectivity index (χ3n) is 4.69. The van der Waals surface area contributed by atoms with Crippen molar-refractivity contribution in [1.29, 1.82) is 0 Å². The molecule has 0 bridgehead atoms. The fourth-order valence-electron chi connectivity index (χ4n) is 3.23. The molecular formula is C22H21NO5. The molecule has 3 rings (SSSR count). The van der Waals surface area contributed by atoms with Crippen LogP contribution < -0.4 is 4.74 Å². The summed E-state index contributed by atoms with van der Waals surface area (Å²) < 4.78 is 7.37. The topological polar surface area (TPSA) is 88.8 Å². The molecule has 0 radical (unpaired) electrons. The van der Waals surface area contributed by atoms with Crippen LogP contribution in [-0.2, 0) is 16.1 Å². The number of carbonyl (C=O) groups is 2. The molecule has 0 spiro atoms. The number of fused-ring (bicyclic) bond motifs is 1. The van der Waals surface area contributed by atoms with Crippen molar-refractivity contribution in [3.63, 3.8) is 0 Å². The van der Waals surface area contributed by atoms with Gasteiger partial charge in [0.1, 0.15) is 11.5 Å². The highest BCUT2D eigenvalue weighted by Crippen LogP contribution is 2.34. The molecule has 0 aliphatic rings. The second kappa shape index (κ2) is 7.60. The van der Waals surface area contributed by atoms with E-state index in [-0.39, 0.29) is 0 Å². The highest BCUT2D eigenvalue weighted by Gasteiger charge is 2.18. The van der Waals surface area contributed by atoms with E-state index in [0.29, 0.717) is 29.3 Å². The van der Waals surface area contributed by atoms with Gasteiger partial charge in [0.15, 0.2) is 0 Å². The first kappa shape index (κ1) is 19.2. The minimum absolute atomic E-state index is 0.340. The molecule has 6 nitrogen and oxygen atoms in total. The summed E-state index contributed by atoms with van der Waals surface area (Å²) in [6, 6.07) is 11.7.